The summed E-state index contributed by atoms with van der Waals surface area (Å²) >= 11 is 11.5. The van der Waals surface area contributed by atoms with Gasteiger partial charge in [0.15, 0.2) is 0 Å². The zero-order chi connectivity index (χ0) is 10.2. The highest BCUT2D eigenvalue weighted by atomic mass is 35.5. The first-order valence-electron chi connectivity index (χ1n) is 5.17. The van der Waals surface area contributed by atoms with Crippen LogP contribution in [0.15, 0.2) is 10.6 Å². The van der Waals surface area contributed by atoms with Gasteiger partial charge in [-0.05, 0) is 25.7 Å². The fourth-order valence-electron chi connectivity index (χ4n) is 2.59. The zero-order valence-electron chi connectivity index (χ0n) is 8.06. The fraction of sp³-hybridized carbons (Fsp3) is 0.727. The van der Waals surface area contributed by atoms with Gasteiger partial charge in [0.2, 0.25) is 0 Å². The van der Waals surface area contributed by atoms with Crippen LogP contribution in [0.3, 0.4) is 0 Å². The van der Waals surface area contributed by atoms with Gasteiger partial charge in [0.05, 0.1) is 0 Å². The Morgan fingerprint density at radius 3 is 2.57 bits per heavy atom. The molecule has 2 aliphatic rings. The summed E-state index contributed by atoms with van der Waals surface area (Å²) in [7, 11) is 0. The molecule has 0 amide bonds. The van der Waals surface area contributed by atoms with Crippen molar-refractivity contribution >= 4 is 29.0 Å². The first-order chi connectivity index (χ1) is 6.68. The summed E-state index contributed by atoms with van der Waals surface area (Å²) < 4.78 is 0. The standard InChI is InChI=1S/C11H14Cl2O/c12-7-9(13)8-2-5-11(3-1-4-11)10(14)6-8/h7-8H,1-6H2. The van der Waals surface area contributed by atoms with E-state index in [1.807, 2.05) is 0 Å². The van der Waals surface area contributed by atoms with Gasteiger partial charge >= 0.3 is 0 Å². The SMILES string of the molecule is O=C1CC(C(Cl)=CCl)CCC12CCC2. The molecule has 78 valence electrons. The van der Waals surface area contributed by atoms with E-state index < -0.39 is 0 Å². The Balaban J connectivity index is 2.03. The highest BCUT2D eigenvalue weighted by molar-refractivity contribution is 6.36. The van der Waals surface area contributed by atoms with Crippen LogP contribution in [-0.4, -0.2) is 5.78 Å². The molecule has 14 heavy (non-hydrogen) atoms. The van der Waals surface area contributed by atoms with Gasteiger partial charge in [0.25, 0.3) is 0 Å². The number of halogens is 2. The summed E-state index contributed by atoms with van der Waals surface area (Å²) in [4.78, 5) is 11.9. The molecule has 2 fully saturated rings. The minimum atomic E-state index is 0.0555. The Morgan fingerprint density at radius 2 is 2.14 bits per heavy atom. The molecular formula is C11H14Cl2O. The smallest absolute Gasteiger partial charge is 0.139 e. The van der Waals surface area contributed by atoms with E-state index in [9.17, 15) is 4.79 Å². The molecule has 2 aliphatic carbocycles. The maximum atomic E-state index is 11.9. The third-order valence-electron chi connectivity index (χ3n) is 3.80. The van der Waals surface area contributed by atoms with E-state index in [0.717, 1.165) is 25.7 Å². The fourth-order valence-corrected chi connectivity index (χ4v) is 2.95. The molecule has 0 saturated heterocycles. The molecule has 0 heterocycles. The van der Waals surface area contributed by atoms with E-state index in [2.05, 4.69) is 0 Å². The molecule has 1 spiro atoms. The van der Waals surface area contributed by atoms with E-state index in [-0.39, 0.29) is 11.3 Å². The van der Waals surface area contributed by atoms with Gasteiger partial charge in [0, 0.05) is 28.3 Å². The average molecular weight is 233 g/mol. The van der Waals surface area contributed by atoms with E-state index in [1.54, 1.807) is 0 Å². The predicted molar refractivity (Wildman–Crippen MR) is 58.4 cm³/mol. The molecular weight excluding hydrogens is 219 g/mol. The number of carbonyl (C=O) groups is 1. The first kappa shape index (κ1) is 10.5. The lowest BCUT2D eigenvalue weighted by Gasteiger charge is -2.45. The van der Waals surface area contributed by atoms with Crippen molar-refractivity contribution < 1.29 is 4.79 Å². The second kappa shape index (κ2) is 3.86. The maximum Gasteiger partial charge on any atom is 0.139 e. The van der Waals surface area contributed by atoms with Crippen molar-refractivity contribution in [2.45, 2.75) is 38.5 Å². The Kier molecular flexibility index (Phi) is 2.90. The third-order valence-corrected chi connectivity index (χ3v) is 4.56. The quantitative estimate of drug-likeness (QED) is 0.672. The van der Waals surface area contributed by atoms with Crippen molar-refractivity contribution in [1.29, 1.82) is 0 Å². The molecule has 2 saturated carbocycles. The maximum absolute atomic E-state index is 11.9. The third kappa shape index (κ3) is 1.61. The molecule has 2 rings (SSSR count). The minimum absolute atomic E-state index is 0.0555. The summed E-state index contributed by atoms with van der Waals surface area (Å²) in [6.45, 7) is 0. The molecule has 0 aromatic rings. The van der Waals surface area contributed by atoms with Crippen LogP contribution in [0.4, 0.5) is 0 Å². The Morgan fingerprint density at radius 1 is 1.43 bits per heavy atom. The zero-order valence-corrected chi connectivity index (χ0v) is 9.57. The molecule has 0 radical (unpaired) electrons. The number of Topliss-reactive ketones (excluding diaryl/α,β-unsaturated/α-hetero) is 1. The van der Waals surface area contributed by atoms with Crippen molar-refractivity contribution in [2.75, 3.05) is 0 Å². The van der Waals surface area contributed by atoms with Crippen LogP contribution in [-0.2, 0) is 4.79 Å². The monoisotopic (exact) mass is 232 g/mol. The van der Waals surface area contributed by atoms with Crippen LogP contribution in [0.1, 0.15) is 38.5 Å². The Bertz CT molecular complexity index is 279. The molecule has 3 heteroatoms. The lowest BCUT2D eigenvalue weighted by Crippen LogP contribution is -2.42. The van der Waals surface area contributed by atoms with E-state index >= 15 is 0 Å². The number of hydrogen-bond donors (Lipinski definition) is 0. The van der Waals surface area contributed by atoms with E-state index in [1.165, 1.54) is 12.0 Å². The van der Waals surface area contributed by atoms with Gasteiger partial charge in [-0.2, -0.15) is 0 Å². The molecule has 1 nitrogen and oxygen atoms in total. The van der Waals surface area contributed by atoms with Crippen molar-refractivity contribution in [1.82, 2.24) is 0 Å². The largest absolute Gasteiger partial charge is 0.299 e. The molecule has 0 aromatic carbocycles. The number of carbonyl (C=O) groups excluding carboxylic acids is 1. The van der Waals surface area contributed by atoms with Gasteiger partial charge in [-0.3, -0.25) is 4.79 Å². The van der Waals surface area contributed by atoms with Crippen LogP contribution >= 0.6 is 23.2 Å². The van der Waals surface area contributed by atoms with Gasteiger partial charge in [0.1, 0.15) is 5.78 Å². The lowest BCUT2D eigenvalue weighted by atomic mass is 9.58. The van der Waals surface area contributed by atoms with Gasteiger partial charge in [-0.25, -0.2) is 0 Å². The van der Waals surface area contributed by atoms with Crippen LogP contribution in [0, 0.1) is 11.3 Å². The number of hydrogen-bond acceptors (Lipinski definition) is 1. The molecule has 0 N–H and O–H groups in total. The normalized spacial score (nSPS) is 31.7. The summed E-state index contributed by atoms with van der Waals surface area (Å²) in [5.41, 5.74) is 1.46. The summed E-state index contributed by atoms with van der Waals surface area (Å²) in [5, 5.41) is 0.647. The number of rotatable bonds is 1. The minimum Gasteiger partial charge on any atom is -0.299 e. The van der Waals surface area contributed by atoms with Crippen LogP contribution < -0.4 is 0 Å². The van der Waals surface area contributed by atoms with Crippen molar-refractivity contribution in [3.8, 4) is 0 Å². The second-order valence-corrected chi connectivity index (χ2v) is 5.15. The topological polar surface area (TPSA) is 17.1 Å². The average Bonchev–Trinajstić information content (AvgIpc) is 2.14. The molecule has 0 aliphatic heterocycles. The van der Waals surface area contributed by atoms with Crippen LogP contribution in [0.25, 0.3) is 0 Å². The summed E-state index contributed by atoms with van der Waals surface area (Å²) in [6, 6.07) is 0. The predicted octanol–water partition coefficient (Wildman–Crippen LogP) is 3.84. The second-order valence-electron chi connectivity index (χ2n) is 4.49. The van der Waals surface area contributed by atoms with Crippen molar-refractivity contribution in [2.24, 2.45) is 11.3 Å². The number of allylic oxidation sites excluding steroid dienone is 1. The van der Waals surface area contributed by atoms with Gasteiger partial charge < -0.3 is 0 Å². The van der Waals surface area contributed by atoms with Crippen LogP contribution in [0.2, 0.25) is 0 Å². The summed E-state index contributed by atoms with van der Waals surface area (Å²) in [5.74, 6) is 0.601. The Hall–Kier alpha value is -0.0100. The Labute approximate surface area is 94.5 Å². The van der Waals surface area contributed by atoms with Gasteiger partial charge in [-0.15, -0.1) is 0 Å². The van der Waals surface area contributed by atoms with Gasteiger partial charge in [-0.1, -0.05) is 29.6 Å². The van der Waals surface area contributed by atoms with Crippen molar-refractivity contribution in [3.63, 3.8) is 0 Å². The lowest BCUT2D eigenvalue weighted by molar-refractivity contribution is -0.138. The highest BCUT2D eigenvalue weighted by Crippen LogP contribution is 2.51. The summed E-state index contributed by atoms with van der Waals surface area (Å²) in [6.07, 6.45) is 6.05. The van der Waals surface area contributed by atoms with Crippen molar-refractivity contribution in [3.05, 3.63) is 10.6 Å². The molecule has 0 aromatic heterocycles. The molecule has 0 bridgehead atoms. The molecule has 1 unspecified atom stereocenters. The van der Waals surface area contributed by atoms with E-state index in [0.29, 0.717) is 17.2 Å². The first-order valence-corrected chi connectivity index (χ1v) is 5.98. The van der Waals surface area contributed by atoms with E-state index in [4.69, 9.17) is 23.2 Å². The highest BCUT2D eigenvalue weighted by Gasteiger charge is 2.47. The molecule has 1 atom stereocenters. The number of ketones is 1. The van der Waals surface area contributed by atoms with Crippen LogP contribution in [0.5, 0.6) is 0 Å².